The number of nitrogens with zero attached hydrogens (tertiary/aromatic N) is 1. The molecule has 0 aliphatic heterocycles. The van der Waals surface area contributed by atoms with E-state index in [0.717, 1.165) is 6.92 Å². The van der Waals surface area contributed by atoms with Crippen LogP contribution in [0.4, 0.5) is 22.0 Å². The van der Waals surface area contributed by atoms with Gasteiger partial charge in [-0.15, -0.1) is 0 Å². The van der Waals surface area contributed by atoms with E-state index in [1.165, 1.54) is 0 Å². The summed E-state index contributed by atoms with van der Waals surface area (Å²) in [5.74, 6) is 0. The first-order chi connectivity index (χ1) is 7.27. The van der Waals surface area contributed by atoms with Crippen molar-refractivity contribution in [3.05, 3.63) is 28.6 Å². The first-order valence-corrected chi connectivity index (χ1v) is 4.09. The molecule has 0 aliphatic rings. The van der Waals surface area contributed by atoms with Crippen molar-refractivity contribution in [3.8, 4) is 0 Å². The van der Waals surface area contributed by atoms with Crippen molar-refractivity contribution in [2.24, 2.45) is 0 Å². The number of alkyl halides is 5. The van der Waals surface area contributed by atoms with Gasteiger partial charge in [0.1, 0.15) is 17.7 Å². The molecule has 0 radical (unpaired) electrons. The second kappa shape index (κ2) is 4.15. The SMILES string of the molecule is Cc1c(C=O)cc(C(F)(F)F)nc1C(F)F. The average molecular weight is 239 g/mol. The van der Waals surface area contributed by atoms with Gasteiger partial charge in [-0.25, -0.2) is 13.8 Å². The molecule has 0 amide bonds. The van der Waals surface area contributed by atoms with Gasteiger partial charge in [0.2, 0.25) is 0 Å². The van der Waals surface area contributed by atoms with Crippen LogP contribution in [0.1, 0.15) is 33.7 Å². The van der Waals surface area contributed by atoms with Crippen LogP contribution in [0.15, 0.2) is 6.07 Å². The van der Waals surface area contributed by atoms with E-state index in [1.54, 1.807) is 0 Å². The Hall–Kier alpha value is -1.53. The van der Waals surface area contributed by atoms with Crippen molar-refractivity contribution < 1.29 is 26.7 Å². The highest BCUT2D eigenvalue weighted by Crippen LogP contribution is 2.31. The maximum Gasteiger partial charge on any atom is 0.433 e. The Labute approximate surface area is 87.1 Å². The maximum absolute atomic E-state index is 12.4. The Morgan fingerprint density at radius 1 is 1.38 bits per heavy atom. The Morgan fingerprint density at radius 2 is 1.94 bits per heavy atom. The lowest BCUT2D eigenvalue weighted by Gasteiger charge is -2.11. The molecule has 88 valence electrons. The van der Waals surface area contributed by atoms with Gasteiger partial charge in [0.25, 0.3) is 6.43 Å². The molecule has 0 N–H and O–H groups in total. The number of halogens is 5. The van der Waals surface area contributed by atoms with Crippen LogP contribution in [0.25, 0.3) is 0 Å². The van der Waals surface area contributed by atoms with E-state index in [4.69, 9.17) is 0 Å². The number of aldehydes is 1. The van der Waals surface area contributed by atoms with Gasteiger partial charge in [0, 0.05) is 5.56 Å². The third-order valence-corrected chi connectivity index (χ3v) is 1.97. The molecule has 0 aliphatic carbocycles. The maximum atomic E-state index is 12.4. The van der Waals surface area contributed by atoms with Crippen molar-refractivity contribution in [3.63, 3.8) is 0 Å². The van der Waals surface area contributed by atoms with E-state index in [2.05, 4.69) is 4.98 Å². The molecule has 0 spiro atoms. The molecule has 1 heterocycles. The van der Waals surface area contributed by atoms with Gasteiger partial charge in [0.15, 0.2) is 0 Å². The van der Waals surface area contributed by atoms with Crippen molar-refractivity contribution in [2.75, 3.05) is 0 Å². The fourth-order valence-electron chi connectivity index (χ4n) is 1.13. The molecular weight excluding hydrogens is 233 g/mol. The number of hydrogen-bond acceptors (Lipinski definition) is 2. The molecule has 0 saturated carbocycles. The van der Waals surface area contributed by atoms with Gasteiger partial charge in [0.05, 0.1) is 0 Å². The minimum absolute atomic E-state index is 0.0954. The average Bonchev–Trinajstić information content (AvgIpc) is 2.15. The summed E-state index contributed by atoms with van der Waals surface area (Å²) in [6.07, 6.45) is -7.91. The number of carbonyl (C=O) groups is 1. The molecule has 0 unspecified atom stereocenters. The van der Waals surface area contributed by atoms with Gasteiger partial charge in [-0.05, 0) is 18.6 Å². The number of rotatable bonds is 2. The lowest BCUT2D eigenvalue weighted by molar-refractivity contribution is -0.141. The molecule has 0 bridgehead atoms. The molecule has 7 heteroatoms. The summed E-state index contributed by atoms with van der Waals surface area (Å²) in [6, 6.07) is 0.453. The standard InChI is InChI=1S/C9H6F5NO/c1-4-5(3-16)2-6(9(12,13)14)15-7(4)8(10)11/h2-3,8H,1H3. The highest BCUT2D eigenvalue weighted by Gasteiger charge is 2.34. The van der Waals surface area contributed by atoms with Crippen LogP contribution in [0, 0.1) is 6.92 Å². The Bertz CT molecular complexity index is 413. The minimum Gasteiger partial charge on any atom is -0.298 e. The zero-order valence-corrected chi connectivity index (χ0v) is 7.98. The van der Waals surface area contributed by atoms with Gasteiger partial charge >= 0.3 is 6.18 Å². The second-order valence-electron chi connectivity index (χ2n) is 3.02. The molecule has 16 heavy (non-hydrogen) atoms. The van der Waals surface area contributed by atoms with Gasteiger partial charge < -0.3 is 0 Å². The normalized spacial score (nSPS) is 11.9. The summed E-state index contributed by atoms with van der Waals surface area (Å²) in [4.78, 5) is 13.3. The zero-order valence-electron chi connectivity index (χ0n) is 7.98. The predicted octanol–water partition coefficient (Wildman–Crippen LogP) is 3.16. The smallest absolute Gasteiger partial charge is 0.298 e. The Balaban J connectivity index is 3.46. The van der Waals surface area contributed by atoms with Crippen LogP contribution in [0.3, 0.4) is 0 Å². The molecule has 1 rings (SSSR count). The van der Waals surface area contributed by atoms with E-state index in [0.29, 0.717) is 6.07 Å². The molecule has 0 atom stereocenters. The molecular formula is C9H6F5NO. The van der Waals surface area contributed by atoms with Crippen LogP contribution >= 0.6 is 0 Å². The van der Waals surface area contributed by atoms with Gasteiger partial charge in [-0.2, -0.15) is 13.2 Å². The number of carbonyl (C=O) groups excluding carboxylic acids is 1. The highest BCUT2D eigenvalue weighted by atomic mass is 19.4. The summed E-state index contributed by atoms with van der Waals surface area (Å²) in [5, 5.41) is 0. The van der Waals surface area contributed by atoms with Crippen molar-refractivity contribution >= 4 is 6.29 Å². The van der Waals surface area contributed by atoms with Crippen LogP contribution in [0.2, 0.25) is 0 Å². The molecule has 0 fully saturated rings. The number of aromatic nitrogens is 1. The largest absolute Gasteiger partial charge is 0.433 e. The van der Waals surface area contributed by atoms with E-state index >= 15 is 0 Å². The quantitative estimate of drug-likeness (QED) is 0.586. The van der Waals surface area contributed by atoms with Crippen molar-refractivity contribution in [2.45, 2.75) is 19.5 Å². The zero-order chi connectivity index (χ0) is 12.5. The monoisotopic (exact) mass is 239 g/mol. The van der Waals surface area contributed by atoms with Crippen LogP contribution in [-0.4, -0.2) is 11.3 Å². The van der Waals surface area contributed by atoms with Crippen LogP contribution in [0.5, 0.6) is 0 Å². The van der Waals surface area contributed by atoms with Crippen LogP contribution in [-0.2, 0) is 6.18 Å². The fourth-order valence-corrected chi connectivity index (χ4v) is 1.13. The third kappa shape index (κ3) is 2.34. The summed E-state index contributed by atoms with van der Waals surface area (Å²) < 4.78 is 61.5. The van der Waals surface area contributed by atoms with Crippen molar-refractivity contribution in [1.82, 2.24) is 4.98 Å². The van der Waals surface area contributed by atoms with E-state index in [9.17, 15) is 26.7 Å². The van der Waals surface area contributed by atoms with Crippen molar-refractivity contribution in [1.29, 1.82) is 0 Å². The fraction of sp³-hybridized carbons (Fsp3) is 0.333. The number of hydrogen-bond donors (Lipinski definition) is 0. The lowest BCUT2D eigenvalue weighted by Crippen LogP contribution is -2.12. The topological polar surface area (TPSA) is 30.0 Å². The summed E-state index contributed by atoms with van der Waals surface area (Å²) in [5.41, 5.74) is -3.18. The Kier molecular flexibility index (Phi) is 3.25. The minimum atomic E-state index is -4.85. The lowest BCUT2D eigenvalue weighted by atomic mass is 10.1. The first-order valence-electron chi connectivity index (χ1n) is 4.09. The van der Waals surface area contributed by atoms with E-state index < -0.39 is 29.6 Å². The third-order valence-electron chi connectivity index (χ3n) is 1.97. The molecule has 1 aromatic rings. The highest BCUT2D eigenvalue weighted by molar-refractivity contribution is 5.77. The second-order valence-corrected chi connectivity index (χ2v) is 3.02. The molecule has 0 aromatic carbocycles. The van der Waals surface area contributed by atoms with Crippen LogP contribution < -0.4 is 0 Å². The molecule has 2 nitrogen and oxygen atoms in total. The van der Waals surface area contributed by atoms with E-state index in [1.807, 2.05) is 0 Å². The molecule has 0 saturated heterocycles. The summed E-state index contributed by atoms with van der Waals surface area (Å²) in [7, 11) is 0. The predicted molar refractivity (Wildman–Crippen MR) is 44.3 cm³/mol. The summed E-state index contributed by atoms with van der Waals surface area (Å²) >= 11 is 0. The van der Waals surface area contributed by atoms with Gasteiger partial charge in [-0.3, -0.25) is 4.79 Å². The first kappa shape index (κ1) is 12.5. The van der Waals surface area contributed by atoms with E-state index in [-0.39, 0.29) is 11.8 Å². The summed E-state index contributed by atoms with van der Waals surface area (Å²) in [6.45, 7) is 1.12. The van der Waals surface area contributed by atoms with Gasteiger partial charge in [-0.1, -0.05) is 0 Å². The number of pyridine rings is 1. The Morgan fingerprint density at radius 3 is 2.31 bits per heavy atom. The molecule has 1 aromatic heterocycles.